The Morgan fingerprint density at radius 3 is 2.70 bits per heavy atom. The summed E-state index contributed by atoms with van der Waals surface area (Å²) in [6.07, 6.45) is 0.279. The zero-order valence-electron chi connectivity index (χ0n) is 13.4. The molecule has 0 aliphatic carbocycles. The zero-order chi connectivity index (χ0) is 17.2. The third kappa shape index (κ3) is 4.92. The van der Waals surface area contributed by atoms with Crippen LogP contribution in [0.4, 0.5) is 9.18 Å². The van der Waals surface area contributed by atoms with Crippen molar-refractivity contribution in [3.63, 3.8) is 0 Å². The minimum atomic E-state index is -0.544. The van der Waals surface area contributed by atoms with Crippen molar-refractivity contribution < 1.29 is 18.7 Å². The number of amides is 2. The second-order valence-electron chi connectivity index (χ2n) is 6.51. The van der Waals surface area contributed by atoms with Crippen molar-refractivity contribution >= 4 is 27.9 Å². The molecule has 0 radical (unpaired) electrons. The highest BCUT2D eigenvalue weighted by Gasteiger charge is 2.30. The number of hydrogen-bond acceptors (Lipinski definition) is 3. The van der Waals surface area contributed by atoms with E-state index in [-0.39, 0.29) is 18.0 Å². The summed E-state index contributed by atoms with van der Waals surface area (Å²) >= 11 is 3.18. The monoisotopic (exact) mass is 386 g/mol. The lowest BCUT2D eigenvalue weighted by Gasteiger charge is -2.24. The van der Waals surface area contributed by atoms with Crippen LogP contribution in [0.5, 0.6) is 0 Å². The number of nitrogens with zero attached hydrogens (tertiary/aromatic N) is 1. The molecule has 1 atom stereocenters. The Morgan fingerprint density at radius 1 is 1.39 bits per heavy atom. The predicted octanol–water partition coefficient (Wildman–Crippen LogP) is 3.33. The van der Waals surface area contributed by atoms with Crippen LogP contribution in [0.15, 0.2) is 22.7 Å². The van der Waals surface area contributed by atoms with E-state index in [0.29, 0.717) is 29.5 Å². The molecular weight excluding hydrogens is 367 g/mol. The molecule has 0 spiro atoms. The van der Waals surface area contributed by atoms with Crippen molar-refractivity contribution in [1.82, 2.24) is 10.2 Å². The summed E-state index contributed by atoms with van der Waals surface area (Å²) in [5.74, 6) is -0.710. The quantitative estimate of drug-likeness (QED) is 0.847. The van der Waals surface area contributed by atoms with Crippen molar-refractivity contribution in [3.8, 4) is 0 Å². The van der Waals surface area contributed by atoms with E-state index in [0.717, 1.165) is 0 Å². The van der Waals surface area contributed by atoms with Gasteiger partial charge in [-0.25, -0.2) is 9.18 Å². The second kappa shape index (κ2) is 6.86. The van der Waals surface area contributed by atoms with Crippen LogP contribution in [-0.2, 0) is 4.74 Å². The highest BCUT2D eigenvalue weighted by atomic mass is 79.9. The normalized spacial score (nSPS) is 18.0. The minimum absolute atomic E-state index is 0.146. The SMILES string of the molecule is CC(C)(C)OC(=O)N1CC[C@@H](NC(=O)c2ccc(F)cc2Br)C1. The molecule has 126 valence electrons. The van der Waals surface area contributed by atoms with Crippen LogP contribution in [0, 0.1) is 5.82 Å². The van der Waals surface area contributed by atoms with Crippen molar-refractivity contribution in [2.75, 3.05) is 13.1 Å². The molecule has 7 heteroatoms. The van der Waals surface area contributed by atoms with E-state index in [9.17, 15) is 14.0 Å². The molecule has 1 aliphatic heterocycles. The van der Waals surface area contributed by atoms with Crippen LogP contribution in [0.1, 0.15) is 37.6 Å². The van der Waals surface area contributed by atoms with Gasteiger partial charge in [-0.2, -0.15) is 0 Å². The Bertz CT molecular complexity index is 616. The lowest BCUT2D eigenvalue weighted by atomic mass is 10.2. The smallest absolute Gasteiger partial charge is 0.410 e. The Hall–Kier alpha value is -1.63. The summed E-state index contributed by atoms with van der Waals surface area (Å²) in [6.45, 7) is 6.37. The van der Waals surface area contributed by atoms with Crippen molar-refractivity contribution in [2.45, 2.75) is 38.8 Å². The fourth-order valence-electron chi connectivity index (χ4n) is 2.31. The fourth-order valence-corrected chi connectivity index (χ4v) is 2.84. The third-order valence-electron chi connectivity index (χ3n) is 3.35. The third-order valence-corrected chi connectivity index (χ3v) is 4.01. The summed E-state index contributed by atoms with van der Waals surface area (Å²) in [7, 11) is 0. The summed E-state index contributed by atoms with van der Waals surface area (Å²) in [4.78, 5) is 25.8. The number of hydrogen-bond donors (Lipinski definition) is 1. The average Bonchev–Trinajstić information content (AvgIpc) is 2.85. The molecule has 1 heterocycles. The number of carbonyl (C=O) groups excluding carboxylic acids is 2. The Kier molecular flexibility index (Phi) is 5.29. The fraction of sp³-hybridized carbons (Fsp3) is 0.500. The van der Waals surface area contributed by atoms with Gasteiger partial charge >= 0.3 is 6.09 Å². The summed E-state index contributed by atoms with van der Waals surface area (Å²) in [6, 6.07) is 3.76. The van der Waals surface area contributed by atoms with Gasteiger partial charge in [0.25, 0.3) is 5.91 Å². The number of nitrogens with one attached hydrogen (secondary N) is 1. The van der Waals surface area contributed by atoms with Gasteiger partial charge in [-0.3, -0.25) is 4.79 Å². The summed E-state index contributed by atoms with van der Waals surface area (Å²) in [5, 5.41) is 2.86. The lowest BCUT2D eigenvalue weighted by molar-refractivity contribution is 0.0290. The van der Waals surface area contributed by atoms with Crippen molar-refractivity contribution in [3.05, 3.63) is 34.1 Å². The van der Waals surface area contributed by atoms with E-state index < -0.39 is 11.4 Å². The maximum atomic E-state index is 13.1. The molecule has 2 amide bonds. The summed E-state index contributed by atoms with van der Waals surface area (Å²) < 4.78 is 18.8. The number of ether oxygens (including phenoxy) is 1. The first kappa shape index (κ1) is 17.7. The largest absolute Gasteiger partial charge is 0.444 e. The van der Waals surface area contributed by atoms with E-state index in [2.05, 4.69) is 21.2 Å². The Labute approximate surface area is 143 Å². The van der Waals surface area contributed by atoms with E-state index >= 15 is 0 Å². The summed E-state index contributed by atoms with van der Waals surface area (Å²) in [5.41, 5.74) is -0.181. The maximum Gasteiger partial charge on any atom is 0.410 e. The first-order chi connectivity index (χ1) is 10.7. The number of benzene rings is 1. The topological polar surface area (TPSA) is 58.6 Å². The molecule has 23 heavy (non-hydrogen) atoms. The van der Waals surface area contributed by atoms with Gasteiger partial charge in [0.2, 0.25) is 0 Å². The highest BCUT2D eigenvalue weighted by molar-refractivity contribution is 9.10. The van der Waals surface area contributed by atoms with E-state index in [1.165, 1.54) is 18.2 Å². The van der Waals surface area contributed by atoms with Gasteiger partial charge in [0.05, 0.1) is 5.56 Å². The standard InChI is InChI=1S/C16H20BrFN2O3/c1-16(2,3)23-15(22)20-7-6-11(9-20)19-14(21)12-5-4-10(18)8-13(12)17/h4-5,8,11H,6-7,9H2,1-3H3,(H,19,21)/t11-/m1/s1. The van der Waals surface area contributed by atoms with Crippen LogP contribution in [0.2, 0.25) is 0 Å². The van der Waals surface area contributed by atoms with E-state index in [4.69, 9.17) is 4.74 Å². The first-order valence-electron chi connectivity index (χ1n) is 7.39. The molecule has 0 saturated carbocycles. The Morgan fingerprint density at radius 2 is 2.09 bits per heavy atom. The second-order valence-corrected chi connectivity index (χ2v) is 7.36. The van der Waals surface area contributed by atoms with Crippen LogP contribution in [0.25, 0.3) is 0 Å². The van der Waals surface area contributed by atoms with Gasteiger partial charge in [-0.1, -0.05) is 0 Å². The maximum absolute atomic E-state index is 13.1. The highest BCUT2D eigenvalue weighted by Crippen LogP contribution is 2.19. The molecule has 1 aromatic carbocycles. The van der Waals surface area contributed by atoms with Crippen molar-refractivity contribution in [1.29, 1.82) is 0 Å². The van der Waals surface area contributed by atoms with Crippen LogP contribution in [-0.4, -0.2) is 41.6 Å². The number of carbonyl (C=O) groups is 2. The Balaban J connectivity index is 1.92. The lowest BCUT2D eigenvalue weighted by Crippen LogP contribution is -2.40. The van der Waals surface area contributed by atoms with Gasteiger partial charge in [0, 0.05) is 23.6 Å². The van der Waals surface area contributed by atoms with Crippen LogP contribution >= 0.6 is 15.9 Å². The van der Waals surface area contributed by atoms with Crippen LogP contribution in [0.3, 0.4) is 0 Å². The molecule has 1 aromatic rings. The van der Waals surface area contributed by atoms with Gasteiger partial charge in [0.15, 0.2) is 0 Å². The molecule has 2 rings (SSSR count). The first-order valence-corrected chi connectivity index (χ1v) is 8.19. The van der Waals surface area contributed by atoms with E-state index in [1.54, 1.807) is 4.90 Å². The molecule has 1 aliphatic rings. The molecule has 0 aromatic heterocycles. The van der Waals surface area contributed by atoms with Gasteiger partial charge in [0.1, 0.15) is 11.4 Å². The zero-order valence-corrected chi connectivity index (χ0v) is 14.9. The van der Waals surface area contributed by atoms with Gasteiger partial charge < -0.3 is 15.0 Å². The molecule has 5 nitrogen and oxygen atoms in total. The number of likely N-dealkylation sites (tertiary alicyclic amines) is 1. The minimum Gasteiger partial charge on any atom is -0.444 e. The average molecular weight is 387 g/mol. The van der Waals surface area contributed by atoms with Gasteiger partial charge in [-0.05, 0) is 61.3 Å². The number of halogens is 2. The predicted molar refractivity (Wildman–Crippen MR) is 87.8 cm³/mol. The molecule has 1 saturated heterocycles. The molecule has 0 bridgehead atoms. The molecule has 1 fully saturated rings. The van der Waals surface area contributed by atoms with Crippen LogP contribution < -0.4 is 5.32 Å². The van der Waals surface area contributed by atoms with E-state index in [1.807, 2.05) is 20.8 Å². The molecular formula is C16H20BrFN2O3. The number of rotatable bonds is 2. The molecule has 1 N–H and O–H groups in total. The van der Waals surface area contributed by atoms with Crippen molar-refractivity contribution in [2.24, 2.45) is 0 Å². The van der Waals surface area contributed by atoms with Gasteiger partial charge in [-0.15, -0.1) is 0 Å². The molecule has 0 unspecified atom stereocenters.